The Kier molecular flexibility index (Phi) is 17.0. The van der Waals surface area contributed by atoms with Gasteiger partial charge in [0.1, 0.15) is 12.1 Å². The quantitative estimate of drug-likeness (QED) is 0.332. The molecule has 0 aromatic heterocycles. The second-order valence-corrected chi connectivity index (χ2v) is 16.5. The fourth-order valence-corrected chi connectivity index (χ4v) is 7.97. The average molecular weight is 753 g/mol. The van der Waals surface area contributed by atoms with Crippen molar-refractivity contribution in [3.63, 3.8) is 0 Å². The number of rotatable bonds is 12. The number of nitrogens with one attached hydrogen (secondary N) is 2. The molecule has 0 radical (unpaired) electrons. The molecule has 51 heavy (non-hydrogen) atoms. The zero-order valence-electron chi connectivity index (χ0n) is 30.8. The van der Waals surface area contributed by atoms with E-state index in [0.29, 0.717) is 12.8 Å². The fraction of sp³-hybridized carbons (Fsp3) is 0.611. The summed E-state index contributed by atoms with van der Waals surface area (Å²) in [5.41, 5.74) is 1.84. The van der Waals surface area contributed by atoms with E-state index in [1.165, 1.54) is 34.1 Å². The van der Waals surface area contributed by atoms with Crippen molar-refractivity contribution in [3.05, 3.63) is 59.7 Å². The number of carbonyl (C=O) groups excluding carboxylic acids is 2. The first-order valence-electron chi connectivity index (χ1n) is 17.7. The zero-order chi connectivity index (χ0) is 37.6. The lowest BCUT2D eigenvalue weighted by Crippen LogP contribution is -2.53. The van der Waals surface area contributed by atoms with Crippen LogP contribution in [0.2, 0.25) is 0 Å². The van der Waals surface area contributed by atoms with Crippen molar-refractivity contribution in [1.29, 1.82) is 0 Å². The minimum atomic E-state index is -3.98. The Balaban J connectivity index is 1.74. The van der Waals surface area contributed by atoms with Crippen LogP contribution in [0, 0.1) is 25.7 Å². The number of hydrogen-bond acceptors (Lipinski definition) is 9. The van der Waals surface area contributed by atoms with Gasteiger partial charge in [0.05, 0.1) is 49.4 Å². The number of nitrogens with zero attached hydrogens (tertiary/aromatic N) is 2. The molecule has 1 saturated heterocycles. The average Bonchev–Trinajstić information content (AvgIpc) is 3.12. The van der Waals surface area contributed by atoms with Crippen LogP contribution in [0.1, 0.15) is 51.7 Å². The Hall–Kier alpha value is -2.92. The molecule has 2 amide bonds. The molecule has 286 valence electrons. The van der Waals surface area contributed by atoms with E-state index in [-0.39, 0.29) is 99.3 Å². The van der Waals surface area contributed by atoms with Crippen molar-refractivity contribution in [1.82, 2.24) is 19.2 Å². The van der Waals surface area contributed by atoms with Gasteiger partial charge in [0.2, 0.25) is 31.9 Å². The van der Waals surface area contributed by atoms with Crippen LogP contribution < -0.4 is 9.44 Å². The smallest absolute Gasteiger partial charge is 0.241 e. The highest BCUT2D eigenvalue weighted by atomic mass is 32.2. The molecule has 0 aliphatic carbocycles. The molecule has 2 aromatic rings. The first-order valence-corrected chi connectivity index (χ1v) is 20.7. The van der Waals surface area contributed by atoms with Crippen molar-refractivity contribution in [2.75, 3.05) is 65.8 Å². The highest BCUT2D eigenvalue weighted by Gasteiger charge is 2.34. The number of hydrogen-bond donors (Lipinski definition) is 2. The van der Waals surface area contributed by atoms with Crippen LogP contribution in [-0.4, -0.2) is 116 Å². The van der Waals surface area contributed by atoms with Gasteiger partial charge in [0, 0.05) is 26.2 Å². The second kappa shape index (κ2) is 20.4. The highest BCUT2D eigenvalue weighted by molar-refractivity contribution is 7.89. The van der Waals surface area contributed by atoms with E-state index < -0.39 is 32.1 Å². The third kappa shape index (κ3) is 12.9. The Morgan fingerprint density at radius 1 is 0.588 bits per heavy atom. The summed E-state index contributed by atoms with van der Waals surface area (Å²) in [6.07, 6.45) is 1.13. The standard InChI is InChI=1S/C36H56N4O9S2/c1-7-29(5)33(37-50(43,44)31-13-9-27(3)10-14-31)35(41)39-17-21-47-22-18-40(20-24-49-26-25-48-23-19-39)36(42)34(30(6)8-2)38-51(45,46)32-15-11-28(4)12-16-32/h9-16,29-30,33-34,37-38H,7-8,17-26H2,1-6H3/t29-,30+,33-,34+. The van der Waals surface area contributed by atoms with Gasteiger partial charge in [-0.15, -0.1) is 0 Å². The van der Waals surface area contributed by atoms with Gasteiger partial charge in [-0.05, 0) is 49.9 Å². The van der Waals surface area contributed by atoms with Crippen molar-refractivity contribution in [2.45, 2.75) is 76.3 Å². The van der Waals surface area contributed by atoms with Gasteiger partial charge < -0.3 is 24.0 Å². The number of amides is 2. The molecule has 1 fully saturated rings. The van der Waals surface area contributed by atoms with Gasteiger partial charge in [0.15, 0.2) is 0 Å². The van der Waals surface area contributed by atoms with E-state index in [1.54, 1.807) is 24.3 Å². The molecule has 0 bridgehead atoms. The van der Waals surface area contributed by atoms with Crippen LogP contribution in [0.25, 0.3) is 0 Å². The molecular weight excluding hydrogens is 697 g/mol. The van der Waals surface area contributed by atoms with Crippen molar-refractivity contribution in [3.8, 4) is 0 Å². The van der Waals surface area contributed by atoms with Crippen molar-refractivity contribution < 1.29 is 40.6 Å². The van der Waals surface area contributed by atoms with Gasteiger partial charge in [-0.3, -0.25) is 9.59 Å². The molecule has 1 aliphatic rings. The predicted molar refractivity (Wildman–Crippen MR) is 195 cm³/mol. The molecule has 0 spiro atoms. The number of sulfonamides is 2. The van der Waals surface area contributed by atoms with Crippen LogP contribution in [0.3, 0.4) is 0 Å². The zero-order valence-corrected chi connectivity index (χ0v) is 32.4. The fourth-order valence-electron chi connectivity index (χ4n) is 5.38. The molecule has 4 atom stereocenters. The highest BCUT2D eigenvalue weighted by Crippen LogP contribution is 2.19. The van der Waals surface area contributed by atoms with Crippen LogP contribution in [0.15, 0.2) is 58.3 Å². The van der Waals surface area contributed by atoms with Crippen LogP contribution in [0.5, 0.6) is 0 Å². The van der Waals surface area contributed by atoms with Gasteiger partial charge in [-0.2, -0.15) is 9.44 Å². The number of benzene rings is 2. The summed E-state index contributed by atoms with van der Waals surface area (Å²) in [6.45, 7) is 13.1. The van der Waals surface area contributed by atoms with E-state index in [1.807, 2.05) is 41.5 Å². The van der Waals surface area contributed by atoms with E-state index >= 15 is 0 Å². The van der Waals surface area contributed by atoms with E-state index in [4.69, 9.17) is 14.2 Å². The summed E-state index contributed by atoms with van der Waals surface area (Å²) in [4.78, 5) is 31.1. The lowest BCUT2D eigenvalue weighted by molar-refractivity contribution is -0.136. The molecule has 3 rings (SSSR count). The second-order valence-electron chi connectivity index (χ2n) is 13.1. The third-order valence-electron chi connectivity index (χ3n) is 9.20. The SMILES string of the molecule is CC[C@@H](C)[C@@H](NS(=O)(=O)c1ccc(C)cc1)C(=O)N1CCOCCOCCN(C(=O)[C@@H](NS(=O)(=O)c2ccc(C)cc2)[C@@H](C)CC)CCOCC1. The van der Waals surface area contributed by atoms with Gasteiger partial charge in [-0.1, -0.05) is 75.9 Å². The number of aryl methyl sites for hydroxylation is 2. The minimum absolute atomic E-state index is 0.0792. The lowest BCUT2D eigenvalue weighted by atomic mass is 9.99. The van der Waals surface area contributed by atoms with Crippen LogP contribution in [0.4, 0.5) is 0 Å². The Morgan fingerprint density at radius 2 is 0.882 bits per heavy atom. The summed E-state index contributed by atoms with van der Waals surface area (Å²) in [7, 11) is -7.97. The largest absolute Gasteiger partial charge is 0.378 e. The van der Waals surface area contributed by atoms with Crippen molar-refractivity contribution >= 4 is 31.9 Å². The van der Waals surface area contributed by atoms with E-state index in [0.717, 1.165) is 11.1 Å². The topological polar surface area (TPSA) is 161 Å². The minimum Gasteiger partial charge on any atom is -0.378 e. The predicted octanol–water partition coefficient (Wildman–Crippen LogP) is 3.11. The molecule has 0 unspecified atom stereocenters. The Bertz CT molecular complexity index is 1480. The van der Waals surface area contributed by atoms with Gasteiger partial charge in [-0.25, -0.2) is 16.8 Å². The number of ether oxygens (including phenoxy) is 3. The first kappa shape index (κ1) is 42.5. The summed E-state index contributed by atoms with van der Waals surface area (Å²) in [5, 5.41) is 0. The monoisotopic (exact) mass is 752 g/mol. The van der Waals surface area contributed by atoms with E-state index in [9.17, 15) is 26.4 Å². The molecule has 1 heterocycles. The molecular formula is C36H56N4O9S2. The summed E-state index contributed by atoms with van der Waals surface area (Å²) in [6, 6.07) is 10.9. The van der Waals surface area contributed by atoms with Gasteiger partial charge in [0.25, 0.3) is 0 Å². The van der Waals surface area contributed by atoms with Crippen LogP contribution in [-0.2, 0) is 43.8 Å². The lowest BCUT2D eigenvalue weighted by Gasteiger charge is -2.31. The number of carbonyl (C=O) groups is 2. The molecule has 1 aliphatic heterocycles. The van der Waals surface area contributed by atoms with Crippen molar-refractivity contribution in [2.24, 2.45) is 11.8 Å². The van der Waals surface area contributed by atoms with Gasteiger partial charge >= 0.3 is 0 Å². The third-order valence-corrected chi connectivity index (χ3v) is 12.1. The van der Waals surface area contributed by atoms with E-state index in [2.05, 4.69) is 9.44 Å². The normalized spacial score (nSPS) is 18.5. The molecule has 2 N–H and O–H groups in total. The maximum atomic E-state index is 14.0. The van der Waals surface area contributed by atoms with Crippen LogP contribution >= 0.6 is 0 Å². The Morgan fingerprint density at radius 3 is 1.18 bits per heavy atom. The maximum Gasteiger partial charge on any atom is 0.241 e. The molecule has 13 nitrogen and oxygen atoms in total. The summed E-state index contributed by atoms with van der Waals surface area (Å²) in [5.74, 6) is -1.37. The summed E-state index contributed by atoms with van der Waals surface area (Å²) < 4.78 is 76.0. The molecule has 0 saturated carbocycles. The first-order chi connectivity index (χ1) is 24.2. The Labute approximate surface area is 304 Å². The molecule has 2 aromatic carbocycles. The maximum absolute atomic E-state index is 14.0. The molecule has 15 heteroatoms. The summed E-state index contributed by atoms with van der Waals surface area (Å²) >= 11 is 0.